The molecule has 0 atom stereocenters. The minimum atomic E-state index is -0.0291. The largest absolute Gasteiger partial charge is 0.495 e. The van der Waals surface area contributed by atoms with Crippen LogP contribution in [0.15, 0.2) is 35.1 Å². The van der Waals surface area contributed by atoms with Gasteiger partial charge in [-0.05, 0) is 18.2 Å². The van der Waals surface area contributed by atoms with Crippen molar-refractivity contribution in [2.24, 2.45) is 0 Å². The third kappa shape index (κ3) is 2.10. The predicted molar refractivity (Wildman–Crippen MR) is 85.3 cm³/mol. The molecule has 0 aliphatic heterocycles. The summed E-state index contributed by atoms with van der Waals surface area (Å²) in [6.45, 7) is 0. The van der Waals surface area contributed by atoms with Gasteiger partial charge in [0.25, 0.3) is 0 Å². The van der Waals surface area contributed by atoms with Crippen molar-refractivity contribution >= 4 is 31.5 Å². The van der Waals surface area contributed by atoms with Crippen LogP contribution in [0.1, 0.15) is 0 Å². The Morgan fingerprint density at radius 3 is 2.19 bits per heavy atom. The van der Waals surface area contributed by atoms with Gasteiger partial charge in [-0.1, -0.05) is 6.07 Å². The average Bonchev–Trinajstić information content (AvgIpc) is 2.53. The zero-order valence-corrected chi connectivity index (χ0v) is 12.7. The molecule has 3 aromatic rings. The molecule has 0 spiro atoms. The van der Waals surface area contributed by atoms with Crippen molar-refractivity contribution in [1.29, 1.82) is 0 Å². The Bertz CT molecular complexity index is 883. The van der Waals surface area contributed by atoms with Crippen LogP contribution in [0, 0.1) is 0 Å². The number of fused-ring (bicyclic) bond motifs is 2. The van der Waals surface area contributed by atoms with Gasteiger partial charge in [-0.2, -0.15) is 0 Å². The van der Waals surface area contributed by atoms with Gasteiger partial charge in [0.05, 0.1) is 26.0 Å². The van der Waals surface area contributed by atoms with Crippen LogP contribution in [0.25, 0.3) is 20.2 Å². The molecule has 0 bridgehead atoms. The Kier molecular flexibility index (Phi) is 3.43. The van der Waals surface area contributed by atoms with E-state index in [1.54, 1.807) is 27.4 Å². The maximum Gasteiger partial charge on any atom is 0.196 e. The second kappa shape index (κ2) is 5.26. The average molecular weight is 302 g/mol. The van der Waals surface area contributed by atoms with Crippen LogP contribution in [0.2, 0.25) is 0 Å². The van der Waals surface area contributed by atoms with E-state index < -0.39 is 0 Å². The smallest absolute Gasteiger partial charge is 0.196 e. The molecular weight excluding hydrogens is 288 g/mol. The summed E-state index contributed by atoms with van der Waals surface area (Å²) in [5.41, 5.74) is -0.0291. The van der Waals surface area contributed by atoms with E-state index >= 15 is 0 Å². The SMILES string of the molecule is COc1cc2sc3c(OC)cccc3c(=O)c2cc1OC. The van der Waals surface area contributed by atoms with Gasteiger partial charge >= 0.3 is 0 Å². The molecule has 0 aliphatic carbocycles. The molecule has 108 valence electrons. The molecule has 0 aliphatic rings. The van der Waals surface area contributed by atoms with E-state index in [0.717, 1.165) is 9.40 Å². The Morgan fingerprint density at radius 1 is 0.857 bits per heavy atom. The highest BCUT2D eigenvalue weighted by Crippen LogP contribution is 2.37. The summed E-state index contributed by atoms with van der Waals surface area (Å²) in [5.74, 6) is 1.86. The molecular formula is C16H14O4S. The second-order valence-corrected chi connectivity index (χ2v) is 5.52. The van der Waals surface area contributed by atoms with Crippen LogP contribution in [-0.4, -0.2) is 21.3 Å². The van der Waals surface area contributed by atoms with Crippen molar-refractivity contribution < 1.29 is 14.2 Å². The van der Waals surface area contributed by atoms with Crippen LogP contribution in [0.4, 0.5) is 0 Å². The van der Waals surface area contributed by atoms with Crippen molar-refractivity contribution in [3.8, 4) is 17.2 Å². The number of benzene rings is 2. The van der Waals surface area contributed by atoms with Gasteiger partial charge < -0.3 is 14.2 Å². The number of ether oxygens (including phenoxy) is 3. The summed E-state index contributed by atoms with van der Waals surface area (Å²) in [4.78, 5) is 12.7. The molecule has 2 aromatic carbocycles. The lowest BCUT2D eigenvalue weighted by atomic mass is 10.1. The molecule has 21 heavy (non-hydrogen) atoms. The van der Waals surface area contributed by atoms with Crippen LogP contribution in [0.3, 0.4) is 0 Å². The van der Waals surface area contributed by atoms with Crippen LogP contribution in [0.5, 0.6) is 17.2 Å². The summed E-state index contributed by atoms with van der Waals surface area (Å²) in [5, 5.41) is 1.28. The maximum atomic E-state index is 12.7. The summed E-state index contributed by atoms with van der Waals surface area (Å²) < 4.78 is 17.6. The molecule has 0 unspecified atom stereocenters. The molecule has 0 N–H and O–H groups in total. The number of hydrogen-bond acceptors (Lipinski definition) is 5. The lowest BCUT2D eigenvalue weighted by Gasteiger charge is -2.10. The molecule has 0 amide bonds. The molecule has 1 aromatic heterocycles. The fourth-order valence-electron chi connectivity index (χ4n) is 2.34. The summed E-state index contributed by atoms with van der Waals surface area (Å²) in [6, 6.07) is 9.04. The van der Waals surface area contributed by atoms with Crippen LogP contribution >= 0.6 is 11.3 Å². The number of rotatable bonds is 3. The third-order valence-electron chi connectivity index (χ3n) is 3.39. The van der Waals surface area contributed by atoms with Crippen molar-refractivity contribution in [3.63, 3.8) is 0 Å². The van der Waals surface area contributed by atoms with Crippen molar-refractivity contribution in [2.45, 2.75) is 0 Å². The first-order chi connectivity index (χ1) is 10.2. The highest BCUT2D eigenvalue weighted by atomic mass is 32.1. The van der Waals surface area contributed by atoms with E-state index in [4.69, 9.17) is 14.2 Å². The van der Waals surface area contributed by atoms with E-state index in [2.05, 4.69) is 0 Å². The zero-order valence-electron chi connectivity index (χ0n) is 11.9. The second-order valence-electron chi connectivity index (χ2n) is 4.47. The van der Waals surface area contributed by atoms with Gasteiger partial charge in [-0.25, -0.2) is 0 Å². The Morgan fingerprint density at radius 2 is 1.52 bits per heavy atom. The highest BCUT2D eigenvalue weighted by molar-refractivity contribution is 7.24. The van der Waals surface area contributed by atoms with Gasteiger partial charge in [-0.15, -0.1) is 11.3 Å². The van der Waals surface area contributed by atoms with Crippen molar-refractivity contribution in [2.75, 3.05) is 21.3 Å². The van der Waals surface area contributed by atoms with Gasteiger partial charge in [0.1, 0.15) is 5.75 Å². The monoisotopic (exact) mass is 302 g/mol. The predicted octanol–water partition coefficient (Wildman–Crippen LogP) is 3.44. The van der Waals surface area contributed by atoms with Crippen molar-refractivity contribution in [3.05, 3.63) is 40.6 Å². The summed E-state index contributed by atoms with van der Waals surface area (Å²) in [6.07, 6.45) is 0. The Hall–Kier alpha value is -2.27. The normalized spacial score (nSPS) is 10.8. The first-order valence-electron chi connectivity index (χ1n) is 6.35. The quantitative estimate of drug-likeness (QED) is 0.695. The fraction of sp³-hybridized carbons (Fsp3) is 0.188. The lowest BCUT2D eigenvalue weighted by molar-refractivity contribution is 0.356. The van der Waals surface area contributed by atoms with Gasteiger partial charge in [0, 0.05) is 21.5 Å². The van der Waals surface area contributed by atoms with Gasteiger partial charge in [0.15, 0.2) is 16.9 Å². The van der Waals surface area contributed by atoms with E-state index in [9.17, 15) is 4.79 Å². The molecule has 0 saturated carbocycles. The maximum absolute atomic E-state index is 12.7. The first kappa shape index (κ1) is 13.7. The van der Waals surface area contributed by atoms with Gasteiger partial charge in [-0.3, -0.25) is 4.79 Å². The third-order valence-corrected chi connectivity index (χ3v) is 4.57. The summed E-state index contributed by atoms with van der Waals surface area (Å²) in [7, 11) is 4.74. The van der Waals surface area contributed by atoms with E-state index in [1.165, 1.54) is 11.3 Å². The van der Waals surface area contributed by atoms with Gasteiger partial charge in [0.2, 0.25) is 0 Å². The highest BCUT2D eigenvalue weighted by Gasteiger charge is 2.13. The standard InChI is InChI=1S/C16H14O4S/c1-18-11-6-4-5-9-15(17)10-7-12(19-2)13(20-3)8-14(10)21-16(9)11/h4-8H,1-3H3. The van der Waals surface area contributed by atoms with E-state index in [0.29, 0.717) is 28.0 Å². The molecule has 0 fully saturated rings. The van der Waals surface area contributed by atoms with Crippen LogP contribution in [-0.2, 0) is 0 Å². The Balaban J connectivity index is 2.48. The molecule has 5 heteroatoms. The van der Waals surface area contributed by atoms with E-state index in [1.807, 2.05) is 24.3 Å². The van der Waals surface area contributed by atoms with E-state index in [-0.39, 0.29) is 5.43 Å². The van der Waals surface area contributed by atoms with Crippen LogP contribution < -0.4 is 19.6 Å². The topological polar surface area (TPSA) is 44.8 Å². The molecule has 1 heterocycles. The molecule has 3 rings (SSSR count). The molecule has 0 saturated heterocycles. The summed E-state index contributed by atoms with van der Waals surface area (Å²) >= 11 is 1.50. The minimum absolute atomic E-state index is 0.0291. The molecule has 0 radical (unpaired) electrons. The number of hydrogen-bond donors (Lipinski definition) is 0. The minimum Gasteiger partial charge on any atom is -0.495 e. The lowest BCUT2D eigenvalue weighted by Crippen LogP contribution is -2.02. The van der Waals surface area contributed by atoms with Crippen molar-refractivity contribution in [1.82, 2.24) is 0 Å². The zero-order chi connectivity index (χ0) is 15.0. The Labute approximate surface area is 125 Å². The fourth-order valence-corrected chi connectivity index (χ4v) is 3.51. The molecule has 4 nitrogen and oxygen atoms in total. The first-order valence-corrected chi connectivity index (χ1v) is 7.16. The number of methoxy groups -OCH3 is 3.